The minimum absolute atomic E-state index is 0.750. The Morgan fingerprint density at radius 3 is 2.11 bits per heavy atom. The van der Waals surface area contributed by atoms with Crippen molar-refractivity contribution in [2.75, 3.05) is 0 Å². The molecule has 0 aromatic carbocycles. The summed E-state index contributed by atoms with van der Waals surface area (Å²) in [5.74, 6) is 0. The summed E-state index contributed by atoms with van der Waals surface area (Å²) >= 11 is 0. The lowest BCUT2D eigenvalue weighted by Crippen LogP contribution is -1.98. The zero-order chi connectivity index (χ0) is 7.70. The quantitative estimate of drug-likeness (QED) is 0.592. The first kappa shape index (κ1) is 11.0. The maximum atomic E-state index is 5.23. The molecule has 0 atom stereocenters. The van der Waals surface area contributed by atoms with E-state index < -0.39 is 0 Å². The average molecular weight is 128 g/mol. The summed E-state index contributed by atoms with van der Waals surface area (Å²) in [7, 11) is 0. The summed E-state index contributed by atoms with van der Waals surface area (Å²) in [4.78, 5) is 0. The number of hydrogen-bond donors (Lipinski definition) is 2. The topological polar surface area (TPSA) is 38.0 Å². The van der Waals surface area contributed by atoms with Gasteiger partial charge in [0.15, 0.2) is 0 Å². The van der Waals surface area contributed by atoms with Gasteiger partial charge in [0, 0.05) is 11.9 Å². The van der Waals surface area contributed by atoms with Crippen molar-refractivity contribution in [2.45, 2.75) is 20.8 Å². The standard InChI is InChI=1S/C5H10N2.C2H6/c1-3-7-4-5(2)6;1-2/h3-4,7H,1,6H2,2H3;1-2H3/b5-4-;. The fourth-order valence-electron chi connectivity index (χ4n) is 0.190. The van der Waals surface area contributed by atoms with Crippen LogP contribution >= 0.6 is 0 Å². The molecule has 0 radical (unpaired) electrons. The molecule has 3 N–H and O–H groups in total. The monoisotopic (exact) mass is 128 g/mol. The summed E-state index contributed by atoms with van der Waals surface area (Å²) in [5.41, 5.74) is 5.98. The van der Waals surface area contributed by atoms with E-state index >= 15 is 0 Å². The van der Waals surface area contributed by atoms with Gasteiger partial charge in [-0.2, -0.15) is 0 Å². The second-order valence-electron chi connectivity index (χ2n) is 1.26. The van der Waals surface area contributed by atoms with Crippen LogP contribution in [0.1, 0.15) is 20.8 Å². The van der Waals surface area contributed by atoms with Crippen LogP contribution in [0.2, 0.25) is 0 Å². The molecule has 9 heavy (non-hydrogen) atoms. The van der Waals surface area contributed by atoms with E-state index in [1.807, 2.05) is 13.8 Å². The van der Waals surface area contributed by atoms with E-state index in [-0.39, 0.29) is 0 Å². The normalized spacial score (nSPS) is 9.00. The molecule has 0 fully saturated rings. The fourth-order valence-corrected chi connectivity index (χ4v) is 0.190. The lowest BCUT2D eigenvalue weighted by molar-refractivity contribution is 1.13. The van der Waals surface area contributed by atoms with Crippen LogP contribution in [0, 0.1) is 0 Å². The van der Waals surface area contributed by atoms with Gasteiger partial charge in [-0.15, -0.1) is 0 Å². The molecule has 0 aliphatic heterocycles. The number of allylic oxidation sites excluding steroid dienone is 1. The third-order valence-electron chi connectivity index (χ3n) is 0.429. The lowest BCUT2D eigenvalue weighted by atomic mass is 10.6. The minimum atomic E-state index is 0.750. The van der Waals surface area contributed by atoms with Crippen molar-refractivity contribution in [2.24, 2.45) is 5.73 Å². The van der Waals surface area contributed by atoms with E-state index in [1.54, 1.807) is 19.3 Å². The van der Waals surface area contributed by atoms with Gasteiger partial charge in [-0.3, -0.25) is 0 Å². The van der Waals surface area contributed by atoms with E-state index in [9.17, 15) is 0 Å². The molecule has 0 unspecified atom stereocenters. The first-order chi connectivity index (χ1) is 4.27. The highest BCUT2D eigenvalue weighted by atomic mass is 14.8. The molecule has 2 nitrogen and oxygen atoms in total. The predicted molar refractivity (Wildman–Crippen MR) is 42.6 cm³/mol. The molecule has 0 aliphatic rings. The van der Waals surface area contributed by atoms with Gasteiger partial charge in [0.25, 0.3) is 0 Å². The number of rotatable bonds is 2. The molecular weight excluding hydrogens is 112 g/mol. The van der Waals surface area contributed by atoms with Crippen molar-refractivity contribution in [3.63, 3.8) is 0 Å². The smallest absolute Gasteiger partial charge is 0.0212 e. The Labute approximate surface area is 57.4 Å². The van der Waals surface area contributed by atoms with E-state index in [0.717, 1.165) is 5.70 Å². The molecule has 0 bridgehead atoms. The van der Waals surface area contributed by atoms with Crippen LogP contribution in [-0.4, -0.2) is 0 Å². The van der Waals surface area contributed by atoms with Gasteiger partial charge in [0.2, 0.25) is 0 Å². The third-order valence-corrected chi connectivity index (χ3v) is 0.429. The largest absolute Gasteiger partial charge is 0.401 e. The van der Waals surface area contributed by atoms with Crippen molar-refractivity contribution in [1.29, 1.82) is 0 Å². The first-order valence-electron chi connectivity index (χ1n) is 3.06. The second-order valence-corrected chi connectivity index (χ2v) is 1.26. The highest BCUT2D eigenvalue weighted by Crippen LogP contribution is 1.71. The molecule has 0 saturated carbocycles. The van der Waals surface area contributed by atoms with E-state index in [2.05, 4.69) is 11.9 Å². The Morgan fingerprint density at radius 1 is 1.56 bits per heavy atom. The van der Waals surface area contributed by atoms with Gasteiger partial charge in [-0.1, -0.05) is 20.4 Å². The molecule has 0 aromatic heterocycles. The molecule has 0 heterocycles. The Morgan fingerprint density at radius 2 is 2.00 bits per heavy atom. The van der Waals surface area contributed by atoms with Crippen LogP contribution in [0.3, 0.4) is 0 Å². The van der Waals surface area contributed by atoms with Crippen molar-refractivity contribution in [3.05, 3.63) is 24.7 Å². The van der Waals surface area contributed by atoms with Crippen LogP contribution in [0.4, 0.5) is 0 Å². The molecule has 0 aliphatic carbocycles. The predicted octanol–water partition coefficient (Wildman–Crippen LogP) is 1.57. The highest BCUT2D eigenvalue weighted by Gasteiger charge is 1.67. The van der Waals surface area contributed by atoms with Gasteiger partial charge in [0.05, 0.1) is 0 Å². The van der Waals surface area contributed by atoms with Gasteiger partial charge < -0.3 is 11.1 Å². The molecule has 0 spiro atoms. The zero-order valence-electron chi connectivity index (χ0n) is 6.44. The summed E-state index contributed by atoms with van der Waals surface area (Å²) in [6.45, 7) is 9.22. The number of nitrogens with two attached hydrogens (primary N) is 1. The Balaban J connectivity index is 0. The zero-order valence-corrected chi connectivity index (χ0v) is 6.44. The van der Waals surface area contributed by atoms with Crippen molar-refractivity contribution in [3.8, 4) is 0 Å². The van der Waals surface area contributed by atoms with Gasteiger partial charge >= 0.3 is 0 Å². The summed E-state index contributed by atoms with van der Waals surface area (Å²) in [5, 5.41) is 2.72. The SMILES string of the molecule is C=CN/C=C(/C)N.CC. The van der Waals surface area contributed by atoms with Gasteiger partial charge in [-0.25, -0.2) is 0 Å². The van der Waals surface area contributed by atoms with Crippen LogP contribution in [0.25, 0.3) is 0 Å². The van der Waals surface area contributed by atoms with Crippen molar-refractivity contribution >= 4 is 0 Å². The maximum Gasteiger partial charge on any atom is 0.0212 e. The molecule has 0 amide bonds. The van der Waals surface area contributed by atoms with Crippen molar-refractivity contribution < 1.29 is 0 Å². The Bertz CT molecular complexity index is 80.9. The molecular formula is C7H16N2. The first-order valence-corrected chi connectivity index (χ1v) is 3.06. The van der Waals surface area contributed by atoms with Crippen molar-refractivity contribution in [1.82, 2.24) is 5.32 Å². The number of nitrogens with one attached hydrogen (secondary N) is 1. The van der Waals surface area contributed by atoms with E-state index in [4.69, 9.17) is 5.73 Å². The van der Waals surface area contributed by atoms with Crippen LogP contribution in [0.5, 0.6) is 0 Å². The van der Waals surface area contributed by atoms with Gasteiger partial charge in [-0.05, 0) is 13.1 Å². The van der Waals surface area contributed by atoms with Crippen LogP contribution < -0.4 is 11.1 Å². The summed E-state index contributed by atoms with van der Waals surface area (Å²) in [6, 6.07) is 0. The van der Waals surface area contributed by atoms with E-state index in [0.29, 0.717) is 0 Å². The highest BCUT2D eigenvalue weighted by molar-refractivity contribution is 4.91. The molecule has 0 aromatic rings. The molecule has 0 rings (SSSR count). The van der Waals surface area contributed by atoms with Crippen LogP contribution in [-0.2, 0) is 0 Å². The summed E-state index contributed by atoms with van der Waals surface area (Å²) < 4.78 is 0. The average Bonchev–Trinajstić information content (AvgIpc) is 1.88. The fraction of sp³-hybridized carbons (Fsp3) is 0.429. The molecule has 0 saturated heterocycles. The third kappa shape index (κ3) is 19.3. The van der Waals surface area contributed by atoms with E-state index in [1.165, 1.54) is 0 Å². The summed E-state index contributed by atoms with van der Waals surface area (Å²) in [6.07, 6.45) is 3.24. The molecule has 54 valence electrons. The van der Waals surface area contributed by atoms with Crippen LogP contribution in [0.15, 0.2) is 24.7 Å². The minimum Gasteiger partial charge on any atom is -0.401 e. The Kier molecular flexibility index (Phi) is 12.3. The Hall–Kier alpha value is -0.920. The molecule has 2 heteroatoms. The maximum absolute atomic E-state index is 5.23. The van der Waals surface area contributed by atoms with Gasteiger partial charge in [0.1, 0.15) is 0 Å². The lowest BCUT2D eigenvalue weighted by Gasteiger charge is -1.87. The second kappa shape index (κ2) is 10.1. The number of hydrogen-bond acceptors (Lipinski definition) is 2.